The third-order valence-electron chi connectivity index (χ3n) is 10.4. The molecule has 0 spiro atoms. The first-order valence-electron chi connectivity index (χ1n) is 16.3. The van der Waals surface area contributed by atoms with Gasteiger partial charge in [0.25, 0.3) is 5.91 Å². The number of ether oxygens (including phenoxy) is 1. The zero-order valence-electron chi connectivity index (χ0n) is 26.9. The van der Waals surface area contributed by atoms with Gasteiger partial charge in [-0.2, -0.15) is 10.4 Å². The van der Waals surface area contributed by atoms with Crippen molar-refractivity contribution in [1.82, 2.24) is 25.3 Å². The number of halogens is 1. The molecule has 2 N–H and O–H groups in total. The van der Waals surface area contributed by atoms with Gasteiger partial charge in [-0.25, -0.2) is 0 Å². The number of amides is 1. The van der Waals surface area contributed by atoms with Crippen LogP contribution in [0.4, 0.5) is 0 Å². The lowest BCUT2D eigenvalue weighted by atomic mass is 9.49. The van der Waals surface area contributed by atoms with Crippen LogP contribution in [0.5, 0.6) is 5.75 Å². The molecule has 1 saturated carbocycles. The highest BCUT2D eigenvalue weighted by molar-refractivity contribution is 6.31. The van der Waals surface area contributed by atoms with Crippen molar-refractivity contribution in [3.63, 3.8) is 0 Å². The number of nitrogens with zero attached hydrogens (tertiary/aromatic N) is 4. The fraction of sp³-hybridized carbons (Fsp3) is 0.528. The van der Waals surface area contributed by atoms with Crippen LogP contribution in [-0.4, -0.2) is 65.5 Å². The van der Waals surface area contributed by atoms with E-state index in [1.165, 1.54) is 19.4 Å². The Labute approximate surface area is 272 Å². The summed E-state index contributed by atoms with van der Waals surface area (Å²) in [5.41, 5.74) is 2.53. The van der Waals surface area contributed by atoms with Crippen molar-refractivity contribution in [2.24, 2.45) is 16.7 Å². The van der Waals surface area contributed by atoms with E-state index in [2.05, 4.69) is 60.2 Å². The van der Waals surface area contributed by atoms with Gasteiger partial charge in [0.15, 0.2) is 0 Å². The quantitative estimate of drug-likeness (QED) is 0.303. The SMILES string of the molecule is CC1(C)[C@H](NC(=O)c2ccc(-c3cnn(C4CCN(CC5CCNCC5)CC4)c3)cc2)C(C)(C)[C@H]1Oc1ccc(C#N)c(Cl)c1. The summed E-state index contributed by atoms with van der Waals surface area (Å²) in [5, 5.41) is 21.0. The molecular formula is C36H45ClN6O2. The van der Waals surface area contributed by atoms with Gasteiger partial charge in [0.2, 0.25) is 0 Å². The lowest BCUT2D eigenvalue weighted by Crippen LogP contribution is -2.74. The maximum Gasteiger partial charge on any atom is 0.251 e. The molecule has 2 saturated heterocycles. The Hall–Kier alpha value is -3.38. The molecule has 9 heteroatoms. The van der Waals surface area contributed by atoms with Crippen molar-refractivity contribution in [2.45, 2.75) is 71.6 Å². The van der Waals surface area contributed by atoms with Crippen LogP contribution in [-0.2, 0) is 0 Å². The number of nitrogens with one attached hydrogen (secondary N) is 2. The van der Waals surface area contributed by atoms with Crippen LogP contribution < -0.4 is 15.4 Å². The molecule has 1 amide bonds. The van der Waals surface area contributed by atoms with Gasteiger partial charge in [0, 0.05) is 59.9 Å². The van der Waals surface area contributed by atoms with E-state index in [0.29, 0.717) is 27.9 Å². The lowest BCUT2D eigenvalue weighted by Gasteiger charge is -2.63. The lowest BCUT2D eigenvalue weighted by molar-refractivity contribution is -0.164. The second kappa shape index (κ2) is 12.8. The van der Waals surface area contributed by atoms with Crippen molar-refractivity contribution < 1.29 is 9.53 Å². The third kappa shape index (κ3) is 6.49. The number of piperidine rings is 2. The summed E-state index contributed by atoms with van der Waals surface area (Å²) in [6.07, 6.45) is 8.80. The second-order valence-corrected chi connectivity index (χ2v) is 14.7. The normalized spacial score (nSPS) is 23.6. The van der Waals surface area contributed by atoms with E-state index in [4.69, 9.17) is 21.4 Å². The van der Waals surface area contributed by atoms with Gasteiger partial charge in [-0.1, -0.05) is 51.4 Å². The average Bonchev–Trinajstić information content (AvgIpc) is 3.54. The van der Waals surface area contributed by atoms with Gasteiger partial charge in [-0.15, -0.1) is 0 Å². The van der Waals surface area contributed by atoms with Crippen LogP contribution >= 0.6 is 11.6 Å². The summed E-state index contributed by atoms with van der Waals surface area (Å²) in [6.45, 7) is 14.3. The highest BCUT2D eigenvalue weighted by atomic mass is 35.5. The Morgan fingerprint density at radius 2 is 1.73 bits per heavy atom. The largest absolute Gasteiger partial charge is 0.489 e. The highest BCUT2D eigenvalue weighted by Crippen LogP contribution is 2.55. The molecular weight excluding hydrogens is 584 g/mol. The summed E-state index contributed by atoms with van der Waals surface area (Å²) < 4.78 is 8.51. The van der Waals surface area contributed by atoms with Crippen LogP contribution in [0.1, 0.15) is 75.3 Å². The molecule has 3 heterocycles. The number of carbonyl (C=O) groups is 1. The van der Waals surface area contributed by atoms with Crippen LogP contribution in [0.15, 0.2) is 54.9 Å². The molecule has 3 aliphatic rings. The number of benzene rings is 2. The van der Waals surface area contributed by atoms with Gasteiger partial charge >= 0.3 is 0 Å². The molecule has 2 aromatic carbocycles. The van der Waals surface area contributed by atoms with Crippen LogP contribution in [0, 0.1) is 28.1 Å². The molecule has 1 aromatic heterocycles. The minimum absolute atomic E-state index is 0.0969. The van der Waals surface area contributed by atoms with E-state index in [-0.39, 0.29) is 28.9 Å². The zero-order valence-corrected chi connectivity index (χ0v) is 27.6. The van der Waals surface area contributed by atoms with Crippen LogP contribution in [0.25, 0.3) is 11.1 Å². The Kier molecular flexibility index (Phi) is 8.98. The van der Waals surface area contributed by atoms with E-state index in [9.17, 15) is 10.1 Å². The zero-order chi connectivity index (χ0) is 31.8. The minimum atomic E-state index is -0.322. The van der Waals surface area contributed by atoms with E-state index >= 15 is 0 Å². The molecule has 0 unspecified atom stereocenters. The molecule has 3 fully saturated rings. The van der Waals surface area contributed by atoms with Gasteiger partial charge in [0.1, 0.15) is 17.9 Å². The summed E-state index contributed by atoms with van der Waals surface area (Å²) in [5.74, 6) is 1.35. The molecule has 0 radical (unpaired) electrons. The molecule has 0 bridgehead atoms. The second-order valence-electron chi connectivity index (χ2n) is 14.3. The van der Waals surface area contributed by atoms with Gasteiger partial charge in [-0.3, -0.25) is 9.48 Å². The molecule has 45 heavy (non-hydrogen) atoms. The standard InChI is InChI=1S/C36H45ClN6O2/c1-35(2)33(36(3,4)34(35)45-30-10-9-27(20-38)31(37)19-30)41-32(44)26-7-5-25(6-8-26)28-21-40-43(23-28)29-13-17-42(18-14-29)22-24-11-15-39-16-12-24/h5-10,19,21,23-24,29,33-34,39H,11-18,22H2,1-4H3,(H,41,44)/t33-,34-. The minimum Gasteiger partial charge on any atom is -0.489 e. The van der Waals surface area contributed by atoms with Crippen molar-refractivity contribution in [1.29, 1.82) is 5.26 Å². The van der Waals surface area contributed by atoms with Crippen molar-refractivity contribution >= 4 is 17.5 Å². The van der Waals surface area contributed by atoms with Gasteiger partial charge < -0.3 is 20.3 Å². The maximum absolute atomic E-state index is 13.4. The summed E-state index contributed by atoms with van der Waals surface area (Å²) in [6, 6.07) is 15.4. The van der Waals surface area contributed by atoms with E-state index in [0.717, 1.165) is 56.1 Å². The number of aromatic nitrogens is 2. The fourth-order valence-electron chi connectivity index (χ4n) is 8.11. The number of hydrogen-bond donors (Lipinski definition) is 2. The van der Waals surface area contributed by atoms with E-state index in [1.807, 2.05) is 30.5 Å². The molecule has 0 atom stereocenters. The summed E-state index contributed by atoms with van der Waals surface area (Å²) >= 11 is 6.23. The predicted octanol–water partition coefficient (Wildman–Crippen LogP) is 6.32. The average molecular weight is 629 g/mol. The summed E-state index contributed by atoms with van der Waals surface area (Å²) in [4.78, 5) is 16.0. The molecule has 1 aliphatic carbocycles. The smallest absolute Gasteiger partial charge is 0.251 e. The number of hydrogen-bond acceptors (Lipinski definition) is 6. The van der Waals surface area contributed by atoms with Crippen LogP contribution in [0.2, 0.25) is 5.02 Å². The monoisotopic (exact) mass is 628 g/mol. The Morgan fingerprint density at radius 1 is 1.04 bits per heavy atom. The molecule has 6 rings (SSSR count). The number of likely N-dealkylation sites (tertiary alicyclic amines) is 1. The number of carbonyl (C=O) groups excluding carboxylic acids is 1. The van der Waals surface area contributed by atoms with Crippen molar-refractivity contribution in [3.05, 3.63) is 71.0 Å². The van der Waals surface area contributed by atoms with Crippen LogP contribution in [0.3, 0.4) is 0 Å². The van der Waals surface area contributed by atoms with E-state index in [1.54, 1.807) is 18.2 Å². The predicted molar refractivity (Wildman–Crippen MR) is 177 cm³/mol. The number of nitriles is 1. The first-order chi connectivity index (χ1) is 21.6. The topological polar surface area (TPSA) is 95.2 Å². The third-order valence-corrected chi connectivity index (χ3v) is 10.7. The number of rotatable bonds is 8. The molecule has 8 nitrogen and oxygen atoms in total. The van der Waals surface area contributed by atoms with E-state index < -0.39 is 0 Å². The highest BCUT2D eigenvalue weighted by Gasteiger charge is 2.64. The fourth-order valence-corrected chi connectivity index (χ4v) is 8.32. The molecule has 238 valence electrons. The van der Waals surface area contributed by atoms with Crippen molar-refractivity contribution in [2.75, 3.05) is 32.7 Å². The maximum atomic E-state index is 13.4. The Morgan fingerprint density at radius 3 is 2.38 bits per heavy atom. The van der Waals surface area contributed by atoms with Gasteiger partial charge in [0.05, 0.1) is 22.8 Å². The molecule has 2 aliphatic heterocycles. The Bertz CT molecular complexity index is 1530. The first kappa shape index (κ1) is 31.6. The van der Waals surface area contributed by atoms with Gasteiger partial charge in [-0.05, 0) is 74.5 Å². The molecule has 3 aromatic rings. The van der Waals surface area contributed by atoms with Crippen molar-refractivity contribution in [3.8, 4) is 22.9 Å². The first-order valence-corrected chi connectivity index (χ1v) is 16.7. The Balaban J connectivity index is 1.03. The summed E-state index contributed by atoms with van der Waals surface area (Å²) in [7, 11) is 0.